The molecule has 156 valence electrons. The molecule has 3 aromatic rings. The summed E-state index contributed by atoms with van der Waals surface area (Å²) in [5.41, 5.74) is 0.274. The Labute approximate surface area is 178 Å². The first-order chi connectivity index (χ1) is 14.9. The molecule has 9 heteroatoms. The molecule has 2 aromatic carbocycles. The van der Waals surface area contributed by atoms with Gasteiger partial charge in [0.05, 0.1) is 22.8 Å². The number of anilines is 1. The highest BCUT2D eigenvalue weighted by molar-refractivity contribution is 7.90. The fourth-order valence-electron chi connectivity index (χ4n) is 3.88. The molecule has 2 aliphatic rings. The lowest BCUT2D eigenvalue weighted by Crippen LogP contribution is -2.32. The van der Waals surface area contributed by atoms with Crippen molar-refractivity contribution < 1.29 is 13.5 Å². The maximum atomic E-state index is 13.4. The molecule has 0 amide bonds. The average Bonchev–Trinajstić information content (AvgIpc) is 3.58. The summed E-state index contributed by atoms with van der Waals surface area (Å²) in [5, 5.41) is 23.3. The van der Waals surface area contributed by atoms with Crippen LogP contribution in [0.1, 0.15) is 30.4 Å². The molecule has 0 spiro atoms. The van der Waals surface area contributed by atoms with Crippen molar-refractivity contribution in [3.05, 3.63) is 63.9 Å². The maximum Gasteiger partial charge on any atom is 0.286 e. The summed E-state index contributed by atoms with van der Waals surface area (Å²) in [4.78, 5) is 13.3. The van der Waals surface area contributed by atoms with Gasteiger partial charge in [-0.15, -0.1) is 4.40 Å². The molecule has 0 saturated heterocycles. The van der Waals surface area contributed by atoms with Crippen molar-refractivity contribution in [2.45, 2.75) is 30.7 Å². The lowest BCUT2D eigenvalue weighted by molar-refractivity contribution is 0.476. The number of benzene rings is 2. The summed E-state index contributed by atoms with van der Waals surface area (Å²) in [5.74, 6) is 0.0436. The van der Waals surface area contributed by atoms with Gasteiger partial charge in [0.2, 0.25) is 0 Å². The number of fused-ring (bicyclic) bond motifs is 2. The second-order valence-corrected chi connectivity index (χ2v) is 9.36. The molecule has 0 radical (unpaired) electrons. The van der Waals surface area contributed by atoms with Gasteiger partial charge in [0.15, 0.2) is 5.84 Å². The molecule has 1 aliphatic carbocycles. The fourth-order valence-corrected chi connectivity index (χ4v) is 5.03. The summed E-state index contributed by atoms with van der Waals surface area (Å²) in [6, 6.07) is 13.0. The number of aromatic nitrogens is 1. The smallest absolute Gasteiger partial charge is 0.286 e. The van der Waals surface area contributed by atoms with Gasteiger partial charge in [-0.2, -0.15) is 13.7 Å². The third-order valence-electron chi connectivity index (χ3n) is 5.69. The Morgan fingerprint density at radius 2 is 2.00 bits per heavy atom. The van der Waals surface area contributed by atoms with Crippen LogP contribution in [0.15, 0.2) is 56.6 Å². The van der Waals surface area contributed by atoms with Crippen LogP contribution in [-0.4, -0.2) is 23.9 Å². The maximum absolute atomic E-state index is 13.4. The van der Waals surface area contributed by atoms with Crippen LogP contribution in [0, 0.1) is 17.2 Å². The zero-order chi connectivity index (χ0) is 21.8. The Hall–Kier alpha value is -3.64. The van der Waals surface area contributed by atoms with E-state index >= 15 is 0 Å². The number of para-hydroxylation sites is 1. The summed E-state index contributed by atoms with van der Waals surface area (Å²) < 4.78 is 30.9. The lowest BCUT2D eigenvalue weighted by Gasteiger charge is -2.20. The van der Waals surface area contributed by atoms with Crippen LogP contribution >= 0.6 is 0 Å². The number of nitriles is 1. The van der Waals surface area contributed by atoms with Crippen LogP contribution in [0.4, 0.5) is 5.69 Å². The van der Waals surface area contributed by atoms with Crippen LogP contribution in [0.5, 0.6) is 5.75 Å². The zero-order valence-electron chi connectivity index (χ0n) is 16.4. The highest BCUT2D eigenvalue weighted by Gasteiger charge is 2.30. The Balaban J connectivity index is 1.71. The van der Waals surface area contributed by atoms with Crippen molar-refractivity contribution in [3.8, 4) is 11.8 Å². The average molecular weight is 434 g/mol. The number of nitrogens with zero attached hydrogens (tertiary/aromatic N) is 3. The number of aryl methyl sites for hydroxylation is 1. The molecular weight excluding hydrogens is 416 g/mol. The molecule has 31 heavy (non-hydrogen) atoms. The Bertz CT molecular complexity index is 1480. The minimum Gasteiger partial charge on any atom is -0.506 e. The molecule has 5 rings (SSSR count). The van der Waals surface area contributed by atoms with E-state index in [1.165, 1.54) is 18.2 Å². The highest BCUT2D eigenvalue weighted by Crippen LogP contribution is 2.35. The monoisotopic (exact) mass is 434 g/mol. The first-order valence-corrected chi connectivity index (χ1v) is 11.3. The number of aromatic hydroxyl groups is 1. The Morgan fingerprint density at radius 3 is 2.74 bits per heavy atom. The van der Waals surface area contributed by atoms with Crippen molar-refractivity contribution in [2.24, 2.45) is 10.3 Å². The molecule has 0 unspecified atom stereocenters. The molecule has 2 N–H and O–H groups in total. The van der Waals surface area contributed by atoms with E-state index in [4.69, 9.17) is 5.26 Å². The van der Waals surface area contributed by atoms with Crippen molar-refractivity contribution >= 4 is 32.4 Å². The van der Waals surface area contributed by atoms with Crippen molar-refractivity contribution in [2.75, 3.05) is 5.32 Å². The second kappa shape index (κ2) is 6.96. The number of amidine groups is 1. The summed E-state index contributed by atoms with van der Waals surface area (Å²) >= 11 is 0. The van der Waals surface area contributed by atoms with Gasteiger partial charge >= 0.3 is 0 Å². The molecule has 8 nitrogen and oxygen atoms in total. The molecule has 1 aliphatic heterocycles. The van der Waals surface area contributed by atoms with Crippen molar-refractivity contribution in [1.29, 1.82) is 5.26 Å². The minimum absolute atomic E-state index is 0.148. The normalized spacial score (nSPS) is 16.8. The minimum atomic E-state index is -4.17. The fraction of sp³-hybridized carbons (Fsp3) is 0.227. The van der Waals surface area contributed by atoms with E-state index in [9.17, 15) is 18.3 Å². The summed E-state index contributed by atoms with van der Waals surface area (Å²) in [6.07, 6.45) is 3.13. The quantitative estimate of drug-likeness (QED) is 0.650. The van der Waals surface area contributed by atoms with Crippen molar-refractivity contribution in [1.82, 2.24) is 4.57 Å². The van der Waals surface area contributed by atoms with Crippen LogP contribution in [0.25, 0.3) is 10.9 Å². The van der Waals surface area contributed by atoms with Crippen molar-refractivity contribution in [3.63, 3.8) is 0 Å². The highest BCUT2D eigenvalue weighted by atomic mass is 32.2. The molecule has 2 heterocycles. The van der Waals surface area contributed by atoms with Gasteiger partial charge in [-0.1, -0.05) is 25.0 Å². The number of sulfonamides is 1. The predicted octanol–water partition coefficient (Wildman–Crippen LogP) is 2.94. The molecule has 1 aromatic heterocycles. The van der Waals surface area contributed by atoms with Crippen LogP contribution < -0.4 is 10.9 Å². The van der Waals surface area contributed by atoms with Crippen LogP contribution in [0.3, 0.4) is 0 Å². The zero-order valence-corrected chi connectivity index (χ0v) is 17.2. The van der Waals surface area contributed by atoms with E-state index in [-0.39, 0.29) is 33.3 Å². The van der Waals surface area contributed by atoms with Gasteiger partial charge in [0, 0.05) is 11.9 Å². The van der Waals surface area contributed by atoms with Gasteiger partial charge in [-0.3, -0.25) is 4.79 Å². The third-order valence-corrected chi connectivity index (χ3v) is 7.01. The molecule has 1 fully saturated rings. The second-order valence-electron chi connectivity index (χ2n) is 7.79. The Morgan fingerprint density at radius 1 is 1.23 bits per heavy atom. The first kappa shape index (κ1) is 19.3. The van der Waals surface area contributed by atoms with E-state index in [0.717, 1.165) is 19.3 Å². The van der Waals surface area contributed by atoms with E-state index in [2.05, 4.69) is 9.71 Å². The number of pyridine rings is 1. The largest absolute Gasteiger partial charge is 0.506 e. The van der Waals surface area contributed by atoms with E-state index < -0.39 is 15.6 Å². The van der Waals surface area contributed by atoms with E-state index in [1.807, 2.05) is 6.07 Å². The lowest BCUT2D eigenvalue weighted by atomic mass is 10.1. The van der Waals surface area contributed by atoms with Gasteiger partial charge in [0.1, 0.15) is 16.2 Å². The van der Waals surface area contributed by atoms with Gasteiger partial charge < -0.3 is 15.0 Å². The first-order valence-electron chi connectivity index (χ1n) is 9.90. The van der Waals surface area contributed by atoms with Gasteiger partial charge in [0.25, 0.3) is 15.6 Å². The topological polar surface area (TPSA) is 125 Å². The number of hydrogen-bond donors (Lipinski definition) is 2. The van der Waals surface area contributed by atoms with E-state index in [0.29, 0.717) is 23.4 Å². The molecular formula is C22H18N4O4S. The SMILES string of the molecule is N#Cc1ccc2c(c1)S(=O)(=O)N=C(c1c(O)c3ccccc3n(CCC3CC3)c1=O)N2. The van der Waals surface area contributed by atoms with Gasteiger partial charge in [-0.05, 0) is 42.7 Å². The molecule has 0 bridgehead atoms. The van der Waals surface area contributed by atoms with E-state index in [1.54, 1.807) is 28.8 Å². The molecule has 1 saturated carbocycles. The molecule has 0 atom stereocenters. The van der Waals surface area contributed by atoms with Gasteiger partial charge in [-0.25, -0.2) is 0 Å². The van der Waals surface area contributed by atoms with Crippen LogP contribution in [-0.2, 0) is 16.6 Å². The number of rotatable bonds is 4. The predicted molar refractivity (Wildman–Crippen MR) is 116 cm³/mol. The number of nitrogens with one attached hydrogen (secondary N) is 1. The summed E-state index contributed by atoms with van der Waals surface area (Å²) in [6.45, 7) is 0.472. The summed E-state index contributed by atoms with van der Waals surface area (Å²) in [7, 11) is -4.17. The number of hydrogen-bond acceptors (Lipinski definition) is 6. The standard InChI is InChI=1S/C22H18N4O4S/c23-12-14-7-8-16-18(11-14)31(29,30)25-21(24-16)19-20(27)15-3-1-2-4-17(15)26(22(19)28)10-9-13-5-6-13/h1-4,7-8,11,13,27H,5-6,9-10H2,(H,24,25). The third kappa shape index (κ3) is 3.25. The van der Waals surface area contributed by atoms with Crippen LogP contribution in [0.2, 0.25) is 0 Å². The Kier molecular flexibility index (Phi) is 4.34.